The fourth-order valence-corrected chi connectivity index (χ4v) is 4.16. The summed E-state index contributed by atoms with van der Waals surface area (Å²) in [5.74, 6) is 0.950. The summed E-state index contributed by atoms with van der Waals surface area (Å²) in [5, 5.41) is 3.09. The maximum absolute atomic E-state index is 12.7. The van der Waals surface area contributed by atoms with Crippen LogP contribution in [0.25, 0.3) is 0 Å². The zero-order chi connectivity index (χ0) is 18.1. The Hall–Kier alpha value is -2.27. The van der Waals surface area contributed by atoms with E-state index in [1.54, 1.807) is 0 Å². The fourth-order valence-electron chi connectivity index (χ4n) is 4.16. The van der Waals surface area contributed by atoms with Crippen molar-refractivity contribution in [3.63, 3.8) is 0 Å². The molecule has 2 aromatic rings. The second-order valence-corrected chi connectivity index (χ2v) is 7.45. The van der Waals surface area contributed by atoms with Gasteiger partial charge in [0.05, 0.1) is 6.04 Å². The lowest BCUT2D eigenvalue weighted by molar-refractivity contribution is -0.126. The molecule has 0 spiro atoms. The van der Waals surface area contributed by atoms with Gasteiger partial charge in [0.15, 0.2) is 0 Å². The van der Waals surface area contributed by atoms with Gasteiger partial charge in [-0.25, -0.2) is 9.97 Å². The molecule has 1 N–H and O–H groups in total. The number of benzene rings is 1. The van der Waals surface area contributed by atoms with Gasteiger partial charge in [0.25, 0.3) is 0 Å². The van der Waals surface area contributed by atoms with Crippen LogP contribution in [0.2, 0.25) is 0 Å². The number of carbonyl (C=O) groups is 1. The molecule has 5 heteroatoms. The van der Waals surface area contributed by atoms with Crippen molar-refractivity contribution in [2.45, 2.75) is 51.6 Å². The van der Waals surface area contributed by atoms with Crippen LogP contribution in [-0.4, -0.2) is 40.4 Å². The molecular formula is C21H26N4O. The first kappa shape index (κ1) is 17.2. The highest BCUT2D eigenvalue weighted by atomic mass is 16.2. The van der Waals surface area contributed by atoms with Crippen LogP contribution in [0.5, 0.6) is 0 Å². The number of likely N-dealkylation sites (N-methyl/N-ethyl adjacent to an activating group) is 1. The van der Waals surface area contributed by atoms with E-state index in [1.807, 2.05) is 13.1 Å². The van der Waals surface area contributed by atoms with Gasteiger partial charge in [0.2, 0.25) is 5.91 Å². The summed E-state index contributed by atoms with van der Waals surface area (Å²) in [5.41, 5.74) is 6.25. The molecular weight excluding hydrogens is 324 g/mol. The van der Waals surface area contributed by atoms with E-state index in [0.717, 1.165) is 37.3 Å². The van der Waals surface area contributed by atoms with E-state index >= 15 is 0 Å². The van der Waals surface area contributed by atoms with Gasteiger partial charge in [0.1, 0.15) is 5.82 Å². The zero-order valence-corrected chi connectivity index (χ0v) is 15.6. The molecule has 1 aliphatic carbocycles. The molecule has 0 fully saturated rings. The minimum absolute atomic E-state index is 0.0971. The Kier molecular flexibility index (Phi) is 4.72. The molecule has 0 unspecified atom stereocenters. The summed E-state index contributed by atoms with van der Waals surface area (Å²) in [4.78, 5) is 24.1. The smallest absolute Gasteiger partial charge is 0.237 e. The standard InChI is InChI=1S/C21H26N4O/c1-14-17-8-5-9-18(17)24-20(23-14)10-11-22-21(26)19-12-15-6-3-4-7-16(15)13-25(19)2/h3-4,6-7,19H,5,8-13H2,1-2H3,(H,22,26)/t19-/m0/s1. The maximum atomic E-state index is 12.7. The van der Waals surface area contributed by atoms with Crippen LogP contribution in [-0.2, 0) is 37.0 Å². The molecule has 4 rings (SSSR count). The van der Waals surface area contributed by atoms with Gasteiger partial charge in [-0.1, -0.05) is 24.3 Å². The van der Waals surface area contributed by atoms with Crippen LogP contribution in [0.4, 0.5) is 0 Å². The summed E-state index contributed by atoms with van der Waals surface area (Å²) in [6, 6.07) is 8.28. The highest BCUT2D eigenvalue weighted by molar-refractivity contribution is 5.82. The number of nitrogens with zero attached hydrogens (tertiary/aromatic N) is 3. The third kappa shape index (κ3) is 3.36. The minimum atomic E-state index is -0.104. The molecule has 0 saturated heterocycles. The fraction of sp³-hybridized carbons (Fsp3) is 0.476. The number of hydrogen-bond acceptors (Lipinski definition) is 4. The molecule has 1 aliphatic heterocycles. The van der Waals surface area contributed by atoms with Crippen molar-refractivity contribution in [2.24, 2.45) is 0 Å². The Balaban J connectivity index is 1.35. The Morgan fingerprint density at radius 3 is 2.88 bits per heavy atom. The Morgan fingerprint density at radius 1 is 1.23 bits per heavy atom. The number of aromatic nitrogens is 2. The van der Waals surface area contributed by atoms with Gasteiger partial charge in [-0.15, -0.1) is 0 Å². The molecule has 1 atom stereocenters. The van der Waals surface area contributed by atoms with Crippen LogP contribution in [0.1, 0.15) is 40.3 Å². The quantitative estimate of drug-likeness (QED) is 0.916. The van der Waals surface area contributed by atoms with Crippen LogP contribution >= 0.6 is 0 Å². The third-order valence-corrected chi connectivity index (χ3v) is 5.62. The zero-order valence-electron chi connectivity index (χ0n) is 15.6. The van der Waals surface area contributed by atoms with Crippen molar-refractivity contribution in [1.82, 2.24) is 20.2 Å². The van der Waals surface area contributed by atoms with Gasteiger partial charge in [0, 0.05) is 30.9 Å². The first-order valence-corrected chi connectivity index (χ1v) is 9.52. The Morgan fingerprint density at radius 2 is 2.04 bits per heavy atom. The molecule has 26 heavy (non-hydrogen) atoms. The minimum Gasteiger partial charge on any atom is -0.354 e. The predicted octanol–water partition coefficient (Wildman–Crippen LogP) is 1.99. The first-order valence-electron chi connectivity index (χ1n) is 9.52. The second-order valence-electron chi connectivity index (χ2n) is 7.45. The number of fused-ring (bicyclic) bond motifs is 2. The van der Waals surface area contributed by atoms with E-state index < -0.39 is 0 Å². The van der Waals surface area contributed by atoms with Crippen LogP contribution in [0, 0.1) is 6.92 Å². The van der Waals surface area contributed by atoms with Gasteiger partial charge in [-0.3, -0.25) is 9.69 Å². The third-order valence-electron chi connectivity index (χ3n) is 5.62. The SMILES string of the molecule is Cc1nc(CCNC(=O)[C@@H]2Cc3ccccc3CN2C)nc2c1CCC2. The number of aryl methyl sites for hydroxylation is 2. The number of amides is 1. The summed E-state index contributed by atoms with van der Waals surface area (Å²) in [6.07, 6.45) is 4.80. The molecule has 0 bridgehead atoms. The summed E-state index contributed by atoms with van der Waals surface area (Å²) >= 11 is 0. The first-order chi connectivity index (χ1) is 12.6. The van der Waals surface area contributed by atoms with Crippen molar-refractivity contribution in [3.8, 4) is 0 Å². The van der Waals surface area contributed by atoms with Gasteiger partial charge < -0.3 is 5.32 Å². The van der Waals surface area contributed by atoms with Gasteiger partial charge >= 0.3 is 0 Å². The number of nitrogens with one attached hydrogen (secondary N) is 1. The lowest BCUT2D eigenvalue weighted by Crippen LogP contribution is -2.48. The second kappa shape index (κ2) is 7.16. The molecule has 2 heterocycles. The molecule has 136 valence electrons. The highest BCUT2D eigenvalue weighted by Gasteiger charge is 2.28. The largest absolute Gasteiger partial charge is 0.354 e. The van der Waals surface area contributed by atoms with E-state index in [4.69, 9.17) is 4.98 Å². The molecule has 1 aromatic heterocycles. The monoisotopic (exact) mass is 350 g/mol. The average molecular weight is 350 g/mol. The van der Waals surface area contributed by atoms with Crippen LogP contribution in [0.15, 0.2) is 24.3 Å². The van der Waals surface area contributed by atoms with Crippen molar-refractivity contribution >= 4 is 5.91 Å². The molecule has 2 aliphatic rings. The van der Waals surface area contributed by atoms with E-state index in [9.17, 15) is 4.79 Å². The summed E-state index contributed by atoms with van der Waals surface area (Å²) in [6.45, 7) is 3.48. The lowest BCUT2D eigenvalue weighted by Gasteiger charge is -2.33. The summed E-state index contributed by atoms with van der Waals surface area (Å²) < 4.78 is 0. The van der Waals surface area contributed by atoms with Crippen molar-refractivity contribution < 1.29 is 4.79 Å². The topological polar surface area (TPSA) is 58.1 Å². The molecule has 5 nitrogen and oxygen atoms in total. The van der Waals surface area contributed by atoms with Crippen molar-refractivity contribution in [1.29, 1.82) is 0 Å². The van der Waals surface area contributed by atoms with E-state index in [2.05, 4.69) is 40.3 Å². The number of hydrogen-bond donors (Lipinski definition) is 1. The summed E-state index contributed by atoms with van der Waals surface area (Å²) in [7, 11) is 2.02. The molecule has 0 saturated carbocycles. The molecule has 1 aromatic carbocycles. The lowest BCUT2D eigenvalue weighted by atomic mass is 9.94. The molecule has 1 amide bonds. The van der Waals surface area contributed by atoms with Crippen LogP contribution < -0.4 is 5.32 Å². The number of rotatable bonds is 4. The van der Waals surface area contributed by atoms with Gasteiger partial charge in [-0.2, -0.15) is 0 Å². The normalized spacial score (nSPS) is 19.1. The van der Waals surface area contributed by atoms with Crippen molar-refractivity contribution in [2.75, 3.05) is 13.6 Å². The van der Waals surface area contributed by atoms with Crippen LogP contribution in [0.3, 0.4) is 0 Å². The Bertz CT molecular complexity index is 833. The van der Waals surface area contributed by atoms with E-state index in [-0.39, 0.29) is 11.9 Å². The van der Waals surface area contributed by atoms with Crippen molar-refractivity contribution in [3.05, 3.63) is 58.2 Å². The maximum Gasteiger partial charge on any atom is 0.237 e. The van der Waals surface area contributed by atoms with E-state index in [0.29, 0.717) is 13.0 Å². The Labute approximate surface area is 154 Å². The van der Waals surface area contributed by atoms with E-state index in [1.165, 1.54) is 28.8 Å². The predicted molar refractivity (Wildman–Crippen MR) is 101 cm³/mol. The molecule has 0 radical (unpaired) electrons. The number of carbonyl (C=O) groups excluding carboxylic acids is 1. The van der Waals surface area contributed by atoms with Gasteiger partial charge in [-0.05, 0) is 56.3 Å². The highest BCUT2D eigenvalue weighted by Crippen LogP contribution is 2.23. The average Bonchev–Trinajstić information content (AvgIpc) is 3.10.